The normalized spacial score (nSPS) is 34.6. The summed E-state index contributed by atoms with van der Waals surface area (Å²) in [5.41, 5.74) is -1.17. The smallest absolute Gasteiger partial charge is 0.317 e. The number of hydrogen-bond donors (Lipinski definition) is 2. The van der Waals surface area contributed by atoms with Gasteiger partial charge in [0.2, 0.25) is 0 Å². The molecule has 0 aliphatic carbocycles. The van der Waals surface area contributed by atoms with E-state index in [-0.39, 0.29) is 30.8 Å². The average Bonchev–Trinajstić information content (AvgIpc) is 2.93. The summed E-state index contributed by atoms with van der Waals surface area (Å²) in [7, 11) is -1.56. The van der Waals surface area contributed by atoms with Crippen molar-refractivity contribution in [1.82, 2.24) is 10.2 Å². The van der Waals surface area contributed by atoms with Crippen LogP contribution in [0.5, 0.6) is 0 Å². The van der Waals surface area contributed by atoms with Gasteiger partial charge in [0, 0.05) is 13.1 Å². The quantitative estimate of drug-likeness (QED) is 0.711. The van der Waals surface area contributed by atoms with Crippen LogP contribution in [0.3, 0.4) is 0 Å². The number of aliphatic carboxylic acids is 1. The molecular weight excluding hydrogens is 300 g/mol. The molecule has 2 N–H and O–H groups in total. The number of urea groups is 1. The van der Waals surface area contributed by atoms with Crippen molar-refractivity contribution in [2.24, 2.45) is 5.41 Å². The van der Waals surface area contributed by atoms with E-state index in [1.54, 1.807) is 0 Å². The Hall–Kier alpha value is -1.35. The fraction of sp³-hybridized carbons (Fsp3) is 0.833. The fourth-order valence-corrected chi connectivity index (χ4v) is 4.36. The van der Waals surface area contributed by atoms with Crippen LogP contribution in [0, 0.1) is 5.41 Å². The van der Waals surface area contributed by atoms with Crippen molar-refractivity contribution in [2.75, 3.05) is 31.8 Å². The van der Waals surface area contributed by atoms with Crippen molar-refractivity contribution in [2.45, 2.75) is 25.4 Å². The second kappa shape index (κ2) is 5.45. The van der Waals surface area contributed by atoms with Gasteiger partial charge in [0.05, 0.1) is 30.8 Å². The largest absolute Gasteiger partial charge is 0.481 e. The van der Waals surface area contributed by atoms with Gasteiger partial charge in [-0.15, -0.1) is 0 Å². The number of carboxylic acids is 1. The molecule has 2 fully saturated rings. The number of amides is 2. The second-order valence-corrected chi connectivity index (χ2v) is 8.14. The van der Waals surface area contributed by atoms with Crippen LogP contribution in [0.1, 0.15) is 13.3 Å². The van der Waals surface area contributed by atoms with Crippen molar-refractivity contribution < 1.29 is 27.9 Å². The molecule has 3 unspecified atom stereocenters. The van der Waals surface area contributed by atoms with E-state index in [2.05, 4.69) is 5.32 Å². The standard InChI is InChI=1S/C12H20N2O6S/c1-12(10(15)16)7-20-5-9(12)13-11(17)14(2)8-3-4-21(18,19)6-8/h8-9H,3-7H2,1-2H3,(H,13,17)(H,15,16). The minimum Gasteiger partial charge on any atom is -0.481 e. The number of carbonyl (C=O) groups excluding carboxylic acids is 1. The van der Waals surface area contributed by atoms with Crippen molar-refractivity contribution in [1.29, 1.82) is 0 Å². The predicted octanol–water partition coefficient (Wildman–Crippen LogP) is -0.695. The van der Waals surface area contributed by atoms with E-state index in [4.69, 9.17) is 4.74 Å². The Morgan fingerprint density at radius 1 is 1.43 bits per heavy atom. The summed E-state index contributed by atoms with van der Waals surface area (Å²) >= 11 is 0. The molecular formula is C12H20N2O6S. The highest BCUT2D eigenvalue weighted by Gasteiger charge is 2.48. The zero-order valence-corrected chi connectivity index (χ0v) is 12.9. The number of sulfone groups is 1. The minimum absolute atomic E-state index is 0.0365. The first-order valence-electron chi connectivity index (χ1n) is 6.70. The highest BCUT2D eigenvalue weighted by Crippen LogP contribution is 2.29. The van der Waals surface area contributed by atoms with E-state index in [1.165, 1.54) is 18.9 Å². The molecule has 2 aliphatic heterocycles. The number of nitrogens with one attached hydrogen (secondary N) is 1. The van der Waals surface area contributed by atoms with E-state index >= 15 is 0 Å². The van der Waals surface area contributed by atoms with Crippen LogP contribution in [-0.2, 0) is 19.4 Å². The van der Waals surface area contributed by atoms with Crippen LogP contribution in [0.4, 0.5) is 4.79 Å². The van der Waals surface area contributed by atoms with Crippen molar-refractivity contribution in [3.8, 4) is 0 Å². The molecule has 120 valence electrons. The van der Waals surface area contributed by atoms with Gasteiger partial charge in [0.25, 0.3) is 0 Å². The molecule has 0 bridgehead atoms. The lowest BCUT2D eigenvalue weighted by atomic mass is 9.85. The lowest BCUT2D eigenvalue weighted by Gasteiger charge is -2.30. The van der Waals surface area contributed by atoms with Gasteiger partial charge in [0.15, 0.2) is 9.84 Å². The van der Waals surface area contributed by atoms with Gasteiger partial charge < -0.3 is 20.1 Å². The van der Waals surface area contributed by atoms with Gasteiger partial charge >= 0.3 is 12.0 Å². The average molecular weight is 320 g/mol. The Bertz CT molecular complexity index is 548. The van der Waals surface area contributed by atoms with Crippen LogP contribution in [-0.4, -0.2) is 74.3 Å². The monoisotopic (exact) mass is 320 g/mol. The highest BCUT2D eigenvalue weighted by molar-refractivity contribution is 7.91. The number of hydrogen-bond acceptors (Lipinski definition) is 5. The summed E-state index contributed by atoms with van der Waals surface area (Å²) in [6.45, 7) is 1.69. The topological polar surface area (TPSA) is 113 Å². The number of ether oxygens (including phenoxy) is 1. The number of nitrogens with zero attached hydrogens (tertiary/aromatic N) is 1. The first-order chi connectivity index (χ1) is 9.66. The molecule has 21 heavy (non-hydrogen) atoms. The molecule has 0 aromatic carbocycles. The van der Waals surface area contributed by atoms with Crippen molar-refractivity contribution >= 4 is 21.8 Å². The molecule has 2 heterocycles. The SMILES string of the molecule is CN(C(=O)NC1COCC1(C)C(=O)O)C1CCS(=O)(=O)C1. The maximum atomic E-state index is 12.2. The summed E-state index contributed by atoms with van der Waals surface area (Å²) < 4.78 is 28.1. The molecule has 2 amide bonds. The second-order valence-electron chi connectivity index (χ2n) is 5.91. The summed E-state index contributed by atoms with van der Waals surface area (Å²) in [6.07, 6.45) is 0.406. The maximum absolute atomic E-state index is 12.2. The van der Waals surface area contributed by atoms with Crippen LogP contribution in [0.15, 0.2) is 0 Å². The number of rotatable bonds is 3. The number of carbonyl (C=O) groups is 2. The van der Waals surface area contributed by atoms with Crippen LogP contribution < -0.4 is 5.32 Å². The van der Waals surface area contributed by atoms with E-state index in [1.807, 2.05) is 0 Å². The van der Waals surface area contributed by atoms with Gasteiger partial charge in [-0.1, -0.05) is 0 Å². The Morgan fingerprint density at radius 2 is 2.10 bits per heavy atom. The minimum atomic E-state index is -3.08. The maximum Gasteiger partial charge on any atom is 0.317 e. The highest BCUT2D eigenvalue weighted by atomic mass is 32.2. The summed E-state index contributed by atoms with van der Waals surface area (Å²) in [5, 5.41) is 11.9. The van der Waals surface area contributed by atoms with Gasteiger partial charge in [-0.3, -0.25) is 4.79 Å². The van der Waals surface area contributed by atoms with Gasteiger partial charge in [-0.05, 0) is 13.3 Å². The third kappa shape index (κ3) is 3.13. The Labute approximate surface area is 123 Å². The van der Waals surface area contributed by atoms with Crippen LogP contribution in [0.2, 0.25) is 0 Å². The summed E-state index contributed by atoms with van der Waals surface area (Å²) in [6, 6.07) is -1.48. The van der Waals surface area contributed by atoms with E-state index < -0.39 is 33.3 Å². The number of carboxylic acid groups (broad SMARTS) is 1. The fourth-order valence-electron chi connectivity index (χ4n) is 2.58. The molecule has 0 spiro atoms. The molecule has 2 saturated heterocycles. The molecule has 2 aliphatic rings. The van der Waals surface area contributed by atoms with E-state index in [0.717, 1.165) is 0 Å². The van der Waals surface area contributed by atoms with Crippen molar-refractivity contribution in [3.63, 3.8) is 0 Å². The molecule has 2 rings (SSSR count). The van der Waals surface area contributed by atoms with Crippen LogP contribution >= 0.6 is 0 Å². The Morgan fingerprint density at radius 3 is 2.62 bits per heavy atom. The molecule has 0 aromatic heterocycles. The predicted molar refractivity (Wildman–Crippen MR) is 73.7 cm³/mol. The first-order valence-corrected chi connectivity index (χ1v) is 8.53. The first kappa shape index (κ1) is 16.0. The molecule has 8 nitrogen and oxygen atoms in total. The summed E-state index contributed by atoms with van der Waals surface area (Å²) in [4.78, 5) is 24.8. The molecule has 0 radical (unpaired) electrons. The van der Waals surface area contributed by atoms with E-state index in [9.17, 15) is 23.1 Å². The Balaban J connectivity index is 2.00. The van der Waals surface area contributed by atoms with Crippen LogP contribution in [0.25, 0.3) is 0 Å². The molecule has 9 heteroatoms. The van der Waals surface area contributed by atoms with Gasteiger partial charge in [0.1, 0.15) is 5.41 Å². The lowest BCUT2D eigenvalue weighted by molar-refractivity contribution is -0.148. The lowest BCUT2D eigenvalue weighted by Crippen LogP contribution is -2.54. The Kier molecular flexibility index (Phi) is 4.16. The molecule has 0 aromatic rings. The molecule has 0 saturated carbocycles. The zero-order chi connectivity index (χ0) is 15.8. The summed E-state index contributed by atoms with van der Waals surface area (Å²) in [5.74, 6) is -1.00. The third-order valence-electron chi connectivity index (χ3n) is 4.32. The zero-order valence-electron chi connectivity index (χ0n) is 12.0. The molecule has 3 atom stereocenters. The van der Waals surface area contributed by atoms with Gasteiger partial charge in [-0.2, -0.15) is 0 Å². The third-order valence-corrected chi connectivity index (χ3v) is 6.07. The van der Waals surface area contributed by atoms with Gasteiger partial charge in [-0.25, -0.2) is 13.2 Å². The van der Waals surface area contributed by atoms with Crippen molar-refractivity contribution in [3.05, 3.63) is 0 Å². The van der Waals surface area contributed by atoms with E-state index in [0.29, 0.717) is 6.42 Å².